The second-order valence-corrected chi connectivity index (χ2v) is 4.01. The third-order valence-corrected chi connectivity index (χ3v) is 2.69. The predicted molar refractivity (Wildman–Crippen MR) is 87.3 cm³/mol. The first-order valence-electron chi connectivity index (χ1n) is 5.85. The van der Waals surface area contributed by atoms with Gasteiger partial charge in [-0.3, -0.25) is 0 Å². The first kappa shape index (κ1) is 15.5. The highest BCUT2D eigenvalue weighted by Crippen LogP contribution is 2.05. The second kappa shape index (κ2) is 7.78. The van der Waals surface area contributed by atoms with Gasteiger partial charge in [0.15, 0.2) is 5.96 Å². The number of aliphatic imine (C=N–C) groups is 1. The number of imidazole rings is 1. The Hall–Kier alpha value is -1.57. The SMILES string of the molecule is I.NC(N)=NCc1nccn1CCc1ccccc1. The summed E-state index contributed by atoms with van der Waals surface area (Å²) in [5, 5.41) is 0. The van der Waals surface area contributed by atoms with Gasteiger partial charge in [0.2, 0.25) is 0 Å². The zero-order valence-corrected chi connectivity index (χ0v) is 12.9. The predicted octanol–water partition coefficient (Wildman–Crippen LogP) is 1.52. The largest absolute Gasteiger partial charge is 0.370 e. The molecule has 102 valence electrons. The number of aromatic nitrogens is 2. The van der Waals surface area contributed by atoms with Crippen molar-refractivity contribution in [2.45, 2.75) is 19.5 Å². The number of nitrogens with two attached hydrogens (primary N) is 2. The molecule has 0 atom stereocenters. The van der Waals surface area contributed by atoms with Crippen LogP contribution in [0.25, 0.3) is 0 Å². The molecule has 0 aliphatic heterocycles. The Morgan fingerprint density at radius 1 is 1.21 bits per heavy atom. The van der Waals surface area contributed by atoms with Crippen LogP contribution >= 0.6 is 24.0 Å². The molecule has 4 N–H and O–H groups in total. The Labute approximate surface area is 129 Å². The molecule has 2 rings (SSSR count). The summed E-state index contributed by atoms with van der Waals surface area (Å²) in [7, 11) is 0. The zero-order chi connectivity index (χ0) is 12.8. The Morgan fingerprint density at radius 3 is 2.63 bits per heavy atom. The lowest BCUT2D eigenvalue weighted by molar-refractivity contribution is 0.652. The van der Waals surface area contributed by atoms with E-state index in [-0.39, 0.29) is 29.9 Å². The average molecular weight is 371 g/mol. The molecule has 19 heavy (non-hydrogen) atoms. The smallest absolute Gasteiger partial charge is 0.186 e. The Kier molecular flexibility index (Phi) is 6.34. The fraction of sp³-hybridized carbons (Fsp3) is 0.231. The van der Waals surface area contributed by atoms with Crippen LogP contribution in [0.1, 0.15) is 11.4 Å². The van der Waals surface area contributed by atoms with Crippen molar-refractivity contribution in [3.63, 3.8) is 0 Å². The lowest BCUT2D eigenvalue weighted by Gasteiger charge is -2.06. The van der Waals surface area contributed by atoms with Crippen LogP contribution in [0.15, 0.2) is 47.7 Å². The van der Waals surface area contributed by atoms with Gasteiger partial charge in [-0.05, 0) is 12.0 Å². The van der Waals surface area contributed by atoms with Crippen LogP contribution in [0.3, 0.4) is 0 Å². The van der Waals surface area contributed by atoms with E-state index < -0.39 is 0 Å². The summed E-state index contributed by atoms with van der Waals surface area (Å²) >= 11 is 0. The van der Waals surface area contributed by atoms with Crippen molar-refractivity contribution in [1.29, 1.82) is 0 Å². The van der Waals surface area contributed by atoms with Gasteiger partial charge in [0.05, 0.1) is 0 Å². The summed E-state index contributed by atoms with van der Waals surface area (Å²) in [6, 6.07) is 10.3. The first-order valence-corrected chi connectivity index (χ1v) is 5.85. The minimum Gasteiger partial charge on any atom is -0.370 e. The fourth-order valence-electron chi connectivity index (χ4n) is 1.75. The third-order valence-electron chi connectivity index (χ3n) is 2.69. The molecule has 0 bridgehead atoms. The van der Waals surface area contributed by atoms with Gasteiger partial charge in [0.25, 0.3) is 0 Å². The van der Waals surface area contributed by atoms with E-state index in [1.165, 1.54) is 5.56 Å². The van der Waals surface area contributed by atoms with E-state index in [4.69, 9.17) is 11.5 Å². The van der Waals surface area contributed by atoms with Gasteiger partial charge >= 0.3 is 0 Å². The fourth-order valence-corrected chi connectivity index (χ4v) is 1.75. The molecule has 0 amide bonds. The van der Waals surface area contributed by atoms with Gasteiger partial charge in [-0.15, -0.1) is 24.0 Å². The molecule has 0 radical (unpaired) electrons. The van der Waals surface area contributed by atoms with Crippen LogP contribution in [-0.2, 0) is 19.5 Å². The van der Waals surface area contributed by atoms with Crippen LogP contribution in [0.5, 0.6) is 0 Å². The summed E-state index contributed by atoms with van der Waals surface area (Å²) in [6.07, 6.45) is 4.68. The van der Waals surface area contributed by atoms with Gasteiger partial charge in [0.1, 0.15) is 12.4 Å². The summed E-state index contributed by atoms with van der Waals surface area (Å²) in [5.74, 6) is 0.965. The standard InChI is InChI=1S/C13H17N5.HI/c14-13(15)17-10-12-16-7-9-18(12)8-6-11-4-2-1-3-5-11;/h1-5,7,9H,6,8,10H2,(H4,14,15,17);1H. The summed E-state index contributed by atoms with van der Waals surface area (Å²) in [4.78, 5) is 8.22. The van der Waals surface area contributed by atoms with E-state index in [1.54, 1.807) is 6.20 Å². The number of halogens is 1. The van der Waals surface area contributed by atoms with E-state index in [9.17, 15) is 0 Å². The molecule has 5 nitrogen and oxygen atoms in total. The summed E-state index contributed by atoms with van der Waals surface area (Å²) in [5.41, 5.74) is 11.9. The molecule has 1 aromatic heterocycles. The molecule has 0 fully saturated rings. The van der Waals surface area contributed by atoms with Crippen molar-refractivity contribution < 1.29 is 0 Å². The van der Waals surface area contributed by atoms with Crippen LogP contribution in [0, 0.1) is 0 Å². The van der Waals surface area contributed by atoms with Gasteiger partial charge in [-0.2, -0.15) is 0 Å². The molecule has 6 heteroatoms. The maximum atomic E-state index is 5.31. The maximum absolute atomic E-state index is 5.31. The van der Waals surface area contributed by atoms with Crippen molar-refractivity contribution >= 4 is 29.9 Å². The number of benzene rings is 1. The highest BCUT2D eigenvalue weighted by Gasteiger charge is 2.02. The highest BCUT2D eigenvalue weighted by molar-refractivity contribution is 14.0. The molecule has 0 unspecified atom stereocenters. The number of guanidine groups is 1. The Balaban J connectivity index is 0.00000180. The van der Waals surface area contributed by atoms with E-state index in [0.717, 1.165) is 18.8 Å². The van der Waals surface area contributed by atoms with Gasteiger partial charge in [-0.25, -0.2) is 9.98 Å². The first-order chi connectivity index (χ1) is 8.75. The Morgan fingerprint density at radius 2 is 1.95 bits per heavy atom. The van der Waals surface area contributed by atoms with Gasteiger partial charge in [-0.1, -0.05) is 30.3 Å². The van der Waals surface area contributed by atoms with Gasteiger partial charge in [0, 0.05) is 18.9 Å². The molecular formula is C13H18IN5. The minimum atomic E-state index is 0. The monoisotopic (exact) mass is 371 g/mol. The molecule has 0 saturated heterocycles. The van der Waals surface area contributed by atoms with Crippen molar-refractivity contribution in [2.75, 3.05) is 0 Å². The lowest BCUT2D eigenvalue weighted by atomic mass is 10.1. The van der Waals surface area contributed by atoms with E-state index in [0.29, 0.717) is 6.54 Å². The normalized spacial score (nSPS) is 9.68. The van der Waals surface area contributed by atoms with Gasteiger partial charge < -0.3 is 16.0 Å². The quantitative estimate of drug-likeness (QED) is 0.475. The van der Waals surface area contributed by atoms with E-state index in [2.05, 4.69) is 26.7 Å². The van der Waals surface area contributed by atoms with Crippen molar-refractivity contribution in [2.24, 2.45) is 16.5 Å². The maximum Gasteiger partial charge on any atom is 0.186 e. The number of aryl methyl sites for hydroxylation is 2. The zero-order valence-electron chi connectivity index (χ0n) is 10.6. The highest BCUT2D eigenvalue weighted by atomic mass is 127. The summed E-state index contributed by atoms with van der Waals surface area (Å²) < 4.78 is 2.07. The van der Waals surface area contributed by atoms with Crippen LogP contribution < -0.4 is 11.5 Å². The lowest BCUT2D eigenvalue weighted by Crippen LogP contribution is -2.23. The Bertz CT molecular complexity index is 517. The van der Waals surface area contributed by atoms with Crippen LogP contribution in [0.4, 0.5) is 0 Å². The third kappa shape index (κ3) is 4.90. The molecule has 2 aromatic rings. The molecule has 0 aliphatic rings. The number of hydrogen-bond donors (Lipinski definition) is 2. The number of nitrogens with zero attached hydrogens (tertiary/aromatic N) is 3. The number of rotatable bonds is 5. The summed E-state index contributed by atoms with van der Waals surface area (Å²) in [6.45, 7) is 1.30. The molecular weight excluding hydrogens is 353 g/mol. The van der Waals surface area contributed by atoms with Crippen LogP contribution in [-0.4, -0.2) is 15.5 Å². The minimum absolute atomic E-state index is 0. The molecule has 1 heterocycles. The number of hydrogen-bond acceptors (Lipinski definition) is 2. The van der Waals surface area contributed by atoms with E-state index >= 15 is 0 Å². The van der Waals surface area contributed by atoms with Crippen molar-refractivity contribution in [3.8, 4) is 0 Å². The molecule has 0 saturated carbocycles. The van der Waals surface area contributed by atoms with Crippen molar-refractivity contribution in [3.05, 3.63) is 54.1 Å². The van der Waals surface area contributed by atoms with E-state index in [1.807, 2.05) is 24.4 Å². The molecule has 0 spiro atoms. The average Bonchev–Trinajstić information content (AvgIpc) is 2.82. The van der Waals surface area contributed by atoms with Crippen molar-refractivity contribution in [1.82, 2.24) is 9.55 Å². The molecule has 0 aliphatic carbocycles. The van der Waals surface area contributed by atoms with Crippen LogP contribution in [0.2, 0.25) is 0 Å². The molecule has 1 aromatic carbocycles. The topological polar surface area (TPSA) is 82.2 Å². The second-order valence-electron chi connectivity index (χ2n) is 4.01.